The predicted molar refractivity (Wildman–Crippen MR) is 73.5 cm³/mol. The lowest BCUT2D eigenvalue weighted by Crippen LogP contribution is -2.37. The molecule has 0 unspecified atom stereocenters. The van der Waals surface area contributed by atoms with Gasteiger partial charge in [0, 0.05) is 29.9 Å². The highest BCUT2D eigenvalue weighted by Gasteiger charge is 2.19. The minimum absolute atomic E-state index is 0.00395. The Bertz CT molecular complexity index is 455. The number of likely N-dealkylation sites (N-methyl/N-ethyl adjacent to an activating group) is 1. The van der Waals surface area contributed by atoms with Gasteiger partial charge in [-0.05, 0) is 32.0 Å². The first kappa shape index (κ1) is 14.6. The molecule has 6 heteroatoms. The van der Waals surface area contributed by atoms with Gasteiger partial charge in [-0.3, -0.25) is 0 Å². The predicted octanol–water partition coefficient (Wildman–Crippen LogP) is 1.64. The second kappa shape index (κ2) is 5.46. The maximum Gasteiger partial charge on any atom is 0.172 e. The third kappa shape index (κ3) is 3.78. The molecule has 1 aromatic carbocycles. The van der Waals surface area contributed by atoms with Crippen LogP contribution >= 0.6 is 11.6 Å². The third-order valence-electron chi connectivity index (χ3n) is 2.38. The van der Waals surface area contributed by atoms with Crippen molar-refractivity contribution >= 4 is 23.1 Å². The molecular weight excluding hydrogens is 254 g/mol. The average molecular weight is 272 g/mol. The molecule has 0 bridgehead atoms. The van der Waals surface area contributed by atoms with E-state index in [9.17, 15) is 5.11 Å². The molecule has 0 heterocycles. The van der Waals surface area contributed by atoms with E-state index in [-0.39, 0.29) is 5.84 Å². The molecule has 5 nitrogen and oxygen atoms in total. The van der Waals surface area contributed by atoms with Crippen molar-refractivity contribution < 1.29 is 10.3 Å². The molecule has 0 aliphatic heterocycles. The number of benzene rings is 1. The fourth-order valence-electron chi connectivity index (χ4n) is 1.76. The molecule has 0 spiro atoms. The third-order valence-corrected chi connectivity index (χ3v) is 2.61. The van der Waals surface area contributed by atoms with E-state index in [2.05, 4.69) is 5.16 Å². The summed E-state index contributed by atoms with van der Waals surface area (Å²) in [5.41, 5.74) is 6.01. The van der Waals surface area contributed by atoms with Crippen molar-refractivity contribution in [3.05, 3.63) is 28.8 Å². The molecule has 18 heavy (non-hydrogen) atoms. The minimum atomic E-state index is -0.862. The number of rotatable bonds is 4. The van der Waals surface area contributed by atoms with Gasteiger partial charge in [-0.25, -0.2) is 0 Å². The standard InChI is InChI=1S/C12H18ClN3O2/c1-12(2,17)7-16(3)10-6-8(13)4-5-9(10)11(14)15-18/h4-6,17-18H,7H2,1-3H3,(H2,14,15). The van der Waals surface area contributed by atoms with Gasteiger partial charge in [0.15, 0.2) is 5.84 Å². The van der Waals surface area contributed by atoms with Crippen LogP contribution in [0.25, 0.3) is 0 Å². The van der Waals surface area contributed by atoms with Crippen LogP contribution < -0.4 is 10.6 Å². The van der Waals surface area contributed by atoms with E-state index in [4.69, 9.17) is 22.5 Å². The number of hydrogen-bond acceptors (Lipinski definition) is 4. The number of nitrogens with zero attached hydrogens (tertiary/aromatic N) is 2. The van der Waals surface area contributed by atoms with Crippen molar-refractivity contribution in [3.8, 4) is 0 Å². The van der Waals surface area contributed by atoms with Crippen LogP contribution in [-0.2, 0) is 0 Å². The Morgan fingerprint density at radius 1 is 1.50 bits per heavy atom. The van der Waals surface area contributed by atoms with E-state index in [1.54, 1.807) is 44.0 Å². The smallest absolute Gasteiger partial charge is 0.172 e. The number of amidine groups is 1. The van der Waals surface area contributed by atoms with Gasteiger partial charge in [-0.15, -0.1) is 0 Å². The summed E-state index contributed by atoms with van der Waals surface area (Å²) in [6, 6.07) is 5.05. The molecule has 1 aromatic rings. The van der Waals surface area contributed by atoms with Crippen LogP contribution in [0.2, 0.25) is 5.02 Å². The van der Waals surface area contributed by atoms with Gasteiger partial charge in [0.25, 0.3) is 0 Å². The number of aliphatic hydroxyl groups is 1. The summed E-state index contributed by atoms with van der Waals surface area (Å²) in [6.45, 7) is 3.80. The monoisotopic (exact) mass is 271 g/mol. The summed E-state index contributed by atoms with van der Waals surface area (Å²) < 4.78 is 0. The van der Waals surface area contributed by atoms with E-state index >= 15 is 0 Å². The maximum atomic E-state index is 9.82. The topological polar surface area (TPSA) is 82.1 Å². The van der Waals surface area contributed by atoms with Crippen molar-refractivity contribution in [2.45, 2.75) is 19.4 Å². The van der Waals surface area contributed by atoms with Crippen LogP contribution in [0.5, 0.6) is 0 Å². The molecule has 0 amide bonds. The van der Waals surface area contributed by atoms with Gasteiger partial charge in [-0.1, -0.05) is 16.8 Å². The molecule has 1 rings (SSSR count). The van der Waals surface area contributed by atoms with Gasteiger partial charge in [-0.2, -0.15) is 0 Å². The Hall–Kier alpha value is -1.46. The Labute approximate surface area is 111 Å². The van der Waals surface area contributed by atoms with E-state index in [0.29, 0.717) is 22.8 Å². The molecule has 0 saturated heterocycles. The van der Waals surface area contributed by atoms with Gasteiger partial charge in [0.05, 0.1) is 5.60 Å². The molecule has 0 saturated carbocycles. The lowest BCUT2D eigenvalue weighted by Gasteiger charge is -2.28. The second-order valence-corrected chi connectivity index (χ2v) is 5.25. The van der Waals surface area contributed by atoms with Gasteiger partial charge < -0.3 is 20.9 Å². The zero-order valence-electron chi connectivity index (χ0n) is 10.7. The van der Waals surface area contributed by atoms with Gasteiger partial charge in [0.2, 0.25) is 0 Å². The molecule has 0 fully saturated rings. The van der Waals surface area contributed by atoms with Crippen LogP contribution in [0.1, 0.15) is 19.4 Å². The zero-order valence-corrected chi connectivity index (χ0v) is 11.4. The first-order valence-electron chi connectivity index (χ1n) is 5.45. The highest BCUT2D eigenvalue weighted by atomic mass is 35.5. The van der Waals surface area contributed by atoms with E-state index in [1.807, 2.05) is 0 Å². The number of anilines is 1. The minimum Gasteiger partial charge on any atom is -0.409 e. The number of halogens is 1. The lowest BCUT2D eigenvalue weighted by molar-refractivity contribution is 0.0886. The summed E-state index contributed by atoms with van der Waals surface area (Å²) in [7, 11) is 1.80. The molecule has 0 atom stereocenters. The summed E-state index contributed by atoms with van der Waals surface area (Å²) in [5.74, 6) is 0.00395. The molecule has 0 aromatic heterocycles. The lowest BCUT2D eigenvalue weighted by atomic mass is 10.1. The maximum absolute atomic E-state index is 9.82. The van der Waals surface area contributed by atoms with Crippen molar-refractivity contribution in [3.63, 3.8) is 0 Å². The van der Waals surface area contributed by atoms with Crippen molar-refractivity contribution in [1.29, 1.82) is 0 Å². The summed E-state index contributed by atoms with van der Waals surface area (Å²) >= 11 is 5.95. The Kier molecular flexibility index (Phi) is 4.43. The Morgan fingerprint density at radius 2 is 2.11 bits per heavy atom. The highest BCUT2D eigenvalue weighted by molar-refractivity contribution is 6.31. The van der Waals surface area contributed by atoms with E-state index in [1.165, 1.54) is 0 Å². The highest BCUT2D eigenvalue weighted by Crippen LogP contribution is 2.25. The first-order chi connectivity index (χ1) is 8.24. The quantitative estimate of drug-likeness (QED) is 0.337. The van der Waals surface area contributed by atoms with E-state index in [0.717, 1.165) is 0 Å². The normalized spacial score (nSPS) is 12.6. The van der Waals surface area contributed by atoms with Crippen LogP contribution in [0.3, 0.4) is 0 Å². The number of nitrogens with two attached hydrogens (primary N) is 1. The fourth-order valence-corrected chi connectivity index (χ4v) is 1.92. The largest absolute Gasteiger partial charge is 0.409 e. The first-order valence-corrected chi connectivity index (χ1v) is 5.83. The Balaban J connectivity index is 3.17. The van der Waals surface area contributed by atoms with Crippen LogP contribution in [0, 0.1) is 0 Å². The number of oxime groups is 1. The Morgan fingerprint density at radius 3 is 2.61 bits per heavy atom. The van der Waals surface area contributed by atoms with Gasteiger partial charge >= 0.3 is 0 Å². The molecular formula is C12H18ClN3O2. The van der Waals surface area contributed by atoms with Crippen LogP contribution in [-0.4, -0.2) is 35.3 Å². The zero-order chi connectivity index (χ0) is 13.9. The number of hydrogen-bond donors (Lipinski definition) is 3. The van der Waals surface area contributed by atoms with Crippen molar-refractivity contribution in [2.24, 2.45) is 10.9 Å². The van der Waals surface area contributed by atoms with Crippen molar-refractivity contribution in [2.75, 3.05) is 18.5 Å². The molecule has 4 N–H and O–H groups in total. The fraction of sp³-hybridized carbons (Fsp3) is 0.417. The summed E-state index contributed by atoms with van der Waals surface area (Å²) in [4.78, 5) is 1.80. The molecule has 0 aliphatic carbocycles. The SMILES string of the molecule is CN(CC(C)(C)O)c1cc(Cl)ccc1C(N)=NO. The van der Waals surface area contributed by atoms with Gasteiger partial charge in [0.1, 0.15) is 0 Å². The average Bonchev–Trinajstić information content (AvgIpc) is 2.25. The van der Waals surface area contributed by atoms with Crippen LogP contribution in [0.15, 0.2) is 23.4 Å². The molecule has 0 aliphatic rings. The van der Waals surface area contributed by atoms with E-state index < -0.39 is 5.60 Å². The van der Waals surface area contributed by atoms with Crippen molar-refractivity contribution in [1.82, 2.24) is 0 Å². The summed E-state index contributed by atoms with van der Waals surface area (Å²) in [5, 5.41) is 22.1. The second-order valence-electron chi connectivity index (χ2n) is 4.82. The molecule has 100 valence electrons. The summed E-state index contributed by atoms with van der Waals surface area (Å²) in [6.07, 6.45) is 0. The molecule has 0 radical (unpaired) electrons. The van der Waals surface area contributed by atoms with Crippen LogP contribution in [0.4, 0.5) is 5.69 Å².